The third kappa shape index (κ3) is 2.65. The molecule has 2 rings (SSSR count). The number of nitrogens with one attached hydrogen (secondary N) is 1. The normalized spacial score (nSPS) is 17.9. The molecule has 0 saturated carbocycles. The van der Waals surface area contributed by atoms with E-state index >= 15 is 0 Å². The molecule has 0 unspecified atom stereocenters. The van der Waals surface area contributed by atoms with E-state index in [2.05, 4.69) is 17.1 Å². The maximum atomic E-state index is 10.7. The minimum Gasteiger partial charge on any atom is -0.314 e. The fourth-order valence-corrected chi connectivity index (χ4v) is 2.73. The summed E-state index contributed by atoms with van der Waals surface area (Å²) < 4.78 is 0. The molecule has 0 amide bonds. The molecule has 0 radical (unpaired) electrons. The molecule has 1 saturated heterocycles. The Hall–Kier alpha value is -0.710. The van der Waals surface area contributed by atoms with Crippen molar-refractivity contribution in [1.29, 1.82) is 0 Å². The summed E-state index contributed by atoms with van der Waals surface area (Å²) in [7, 11) is 0. The highest BCUT2D eigenvalue weighted by Gasteiger charge is 2.12. The van der Waals surface area contributed by atoms with Crippen LogP contribution in [0, 0.1) is 6.92 Å². The van der Waals surface area contributed by atoms with Crippen molar-refractivity contribution < 1.29 is 4.79 Å². The number of rotatable bonds is 3. The van der Waals surface area contributed by atoms with Crippen molar-refractivity contribution in [1.82, 2.24) is 10.2 Å². The van der Waals surface area contributed by atoms with E-state index in [1.165, 1.54) is 10.4 Å². The van der Waals surface area contributed by atoms with Crippen molar-refractivity contribution in [2.24, 2.45) is 0 Å². The number of nitrogens with zero attached hydrogens (tertiary/aromatic N) is 1. The third-order valence-corrected chi connectivity index (χ3v) is 3.78. The smallest absolute Gasteiger partial charge is 0.160 e. The molecule has 3 nitrogen and oxygen atoms in total. The lowest BCUT2D eigenvalue weighted by Crippen LogP contribution is -2.42. The predicted octanol–water partition coefficient (Wildman–Crippen LogP) is 1.27. The molecule has 2 heterocycles. The van der Waals surface area contributed by atoms with Crippen molar-refractivity contribution in [3.05, 3.63) is 21.4 Å². The van der Waals surface area contributed by atoms with Crippen LogP contribution in [0.5, 0.6) is 0 Å². The zero-order valence-corrected chi connectivity index (χ0v) is 9.77. The fourth-order valence-electron chi connectivity index (χ4n) is 1.87. The van der Waals surface area contributed by atoms with Crippen molar-refractivity contribution >= 4 is 17.6 Å². The molecular weight excluding hydrogens is 208 g/mol. The summed E-state index contributed by atoms with van der Waals surface area (Å²) in [5.74, 6) is 0. The zero-order valence-electron chi connectivity index (χ0n) is 8.95. The van der Waals surface area contributed by atoms with Gasteiger partial charge in [-0.15, -0.1) is 11.3 Å². The average Bonchev–Trinajstić information content (AvgIpc) is 2.61. The van der Waals surface area contributed by atoms with E-state index in [0.717, 1.165) is 43.9 Å². The lowest BCUT2D eigenvalue weighted by Gasteiger charge is -2.27. The van der Waals surface area contributed by atoms with Crippen LogP contribution < -0.4 is 5.32 Å². The molecule has 1 fully saturated rings. The second-order valence-corrected chi connectivity index (χ2v) is 5.16. The first-order valence-electron chi connectivity index (χ1n) is 5.27. The van der Waals surface area contributed by atoms with E-state index in [4.69, 9.17) is 0 Å². The van der Waals surface area contributed by atoms with Gasteiger partial charge in [-0.05, 0) is 18.6 Å². The highest BCUT2D eigenvalue weighted by Crippen LogP contribution is 2.21. The zero-order chi connectivity index (χ0) is 10.7. The van der Waals surface area contributed by atoms with Gasteiger partial charge in [-0.25, -0.2) is 0 Å². The molecule has 4 heteroatoms. The molecule has 1 aliphatic rings. The molecule has 0 bridgehead atoms. The van der Waals surface area contributed by atoms with Gasteiger partial charge in [0.1, 0.15) is 0 Å². The Balaban J connectivity index is 2.02. The molecule has 1 N–H and O–H groups in total. The lowest BCUT2D eigenvalue weighted by molar-refractivity contribution is 0.112. The van der Waals surface area contributed by atoms with Crippen LogP contribution in [0.15, 0.2) is 6.07 Å². The number of thiophene rings is 1. The van der Waals surface area contributed by atoms with E-state index in [1.54, 1.807) is 11.3 Å². The molecule has 0 atom stereocenters. The lowest BCUT2D eigenvalue weighted by atomic mass is 10.2. The predicted molar refractivity (Wildman–Crippen MR) is 62.6 cm³/mol. The van der Waals surface area contributed by atoms with Gasteiger partial charge in [0, 0.05) is 37.6 Å². The van der Waals surface area contributed by atoms with Crippen molar-refractivity contribution in [2.45, 2.75) is 13.5 Å². The first-order valence-corrected chi connectivity index (χ1v) is 6.09. The van der Waals surface area contributed by atoms with Crippen LogP contribution in [0.4, 0.5) is 0 Å². The fraction of sp³-hybridized carbons (Fsp3) is 0.545. The Morgan fingerprint density at radius 1 is 1.53 bits per heavy atom. The number of aryl methyl sites for hydroxylation is 1. The molecule has 0 aliphatic carbocycles. The number of carbonyl (C=O) groups is 1. The van der Waals surface area contributed by atoms with Gasteiger partial charge in [-0.1, -0.05) is 0 Å². The Bertz CT molecular complexity index is 342. The number of carbonyl (C=O) groups excluding carboxylic acids is 1. The van der Waals surface area contributed by atoms with Gasteiger partial charge in [-0.2, -0.15) is 0 Å². The average molecular weight is 224 g/mol. The number of aldehydes is 1. The van der Waals surface area contributed by atoms with Gasteiger partial charge in [0.15, 0.2) is 6.29 Å². The highest BCUT2D eigenvalue weighted by atomic mass is 32.1. The summed E-state index contributed by atoms with van der Waals surface area (Å²) in [4.78, 5) is 15.2. The summed E-state index contributed by atoms with van der Waals surface area (Å²) in [6, 6.07) is 2.02. The number of hydrogen-bond donors (Lipinski definition) is 1. The van der Waals surface area contributed by atoms with Crippen LogP contribution in [0.1, 0.15) is 20.1 Å². The molecule has 1 aromatic heterocycles. The van der Waals surface area contributed by atoms with Gasteiger partial charge in [-0.3, -0.25) is 9.69 Å². The minimum absolute atomic E-state index is 0.845. The van der Waals surface area contributed by atoms with E-state index < -0.39 is 0 Å². The SMILES string of the molecule is Cc1sc(C=O)cc1CN1CCNCC1. The third-order valence-electron chi connectivity index (χ3n) is 2.76. The second kappa shape index (κ2) is 4.88. The Morgan fingerprint density at radius 3 is 2.87 bits per heavy atom. The van der Waals surface area contributed by atoms with Crippen molar-refractivity contribution in [3.63, 3.8) is 0 Å². The van der Waals surface area contributed by atoms with Crippen LogP contribution in [0.3, 0.4) is 0 Å². The number of piperazine rings is 1. The van der Waals surface area contributed by atoms with E-state index in [0.29, 0.717) is 0 Å². The van der Waals surface area contributed by atoms with Gasteiger partial charge in [0.25, 0.3) is 0 Å². The standard InChI is InChI=1S/C11H16N2OS/c1-9-10(6-11(8-14)15-9)7-13-4-2-12-3-5-13/h6,8,12H,2-5,7H2,1H3. The monoisotopic (exact) mass is 224 g/mol. The van der Waals surface area contributed by atoms with Gasteiger partial charge < -0.3 is 5.32 Å². The molecule has 15 heavy (non-hydrogen) atoms. The van der Waals surface area contributed by atoms with Gasteiger partial charge in [0.2, 0.25) is 0 Å². The largest absolute Gasteiger partial charge is 0.314 e. The second-order valence-electron chi connectivity index (χ2n) is 3.87. The van der Waals surface area contributed by atoms with Crippen LogP contribution in [-0.4, -0.2) is 37.4 Å². The molecule has 1 aromatic rings. The molecule has 0 aromatic carbocycles. The Labute approximate surface area is 94.1 Å². The Kier molecular flexibility index (Phi) is 3.51. The summed E-state index contributed by atoms with van der Waals surface area (Å²) >= 11 is 1.59. The van der Waals surface area contributed by atoms with Crippen LogP contribution in [-0.2, 0) is 6.54 Å². The topological polar surface area (TPSA) is 32.3 Å². The van der Waals surface area contributed by atoms with E-state index in [1.807, 2.05) is 6.07 Å². The summed E-state index contributed by atoms with van der Waals surface area (Å²) in [6.07, 6.45) is 0.943. The molecule has 0 spiro atoms. The van der Waals surface area contributed by atoms with Crippen LogP contribution in [0.25, 0.3) is 0 Å². The van der Waals surface area contributed by atoms with Crippen LogP contribution >= 0.6 is 11.3 Å². The van der Waals surface area contributed by atoms with E-state index in [-0.39, 0.29) is 0 Å². The number of hydrogen-bond acceptors (Lipinski definition) is 4. The quantitative estimate of drug-likeness (QED) is 0.785. The summed E-state index contributed by atoms with van der Waals surface area (Å²) in [5.41, 5.74) is 1.31. The Morgan fingerprint density at radius 2 is 2.27 bits per heavy atom. The van der Waals surface area contributed by atoms with Crippen molar-refractivity contribution in [3.8, 4) is 0 Å². The first kappa shape index (κ1) is 10.8. The van der Waals surface area contributed by atoms with Gasteiger partial charge >= 0.3 is 0 Å². The van der Waals surface area contributed by atoms with Crippen molar-refractivity contribution in [2.75, 3.05) is 26.2 Å². The van der Waals surface area contributed by atoms with E-state index in [9.17, 15) is 4.79 Å². The summed E-state index contributed by atoms with van der Waals surface area (Å²) in [5, 5.41) is 3.34. The first-order chi connectivity index (χ1) is 7.29. The molecule has 82 valence electrons. The highest BCUT2D eigenvalue weighted by molar-refractivity contribution is 7.13. The maximum Gasteiger partial charge on any atom is 0.160 e. The minimum atomic E-state index is 0.845. The van der Waals surface area contributed by atoms with Crippen LogP contribution in [0.2, 0.25) is 0 Å². The molecular formula is C11H16N2OS. The molecule has 1 aliphatic heterocycles. The van der Waals surface area contributed by atoms with Gasteiger partial charge in [0.05, 0.1) is 4.88 Å². The summed E-state index contributed by atoms with van der Waals surface area (Å²) in [6.45, 7) is 7.43. The maximum absolute atomic E-state index is 10.7.